The van der Waals surface area contributed by atoms with Gasteiger partial charge in [-0.05, 0) is 43.7 Å². The number of furan rings is 1. The maximum absolute atomic E-state index is 6.10. The number of rotatable bonds is 5. The van der Waals surface area contributed by atoms with E-state index in [4.69, 9.17) is 16.0 Å². The highest BCUT2D eigenvalue weighted by Crippen LogP contribution is 2.35. The summed E-state index contributed by atoms with van der Waals surface area (Å²) in [5.74, 6) is 0.956. The van der Waals surface area contributed by atoms with E-state index in [1.165, 1.54) is 5.56 Å². The first-order valence-electron chi connectivity index (χ1n) is 7.79. The van der Waals surface area contributed by atoms with Crippen molar-refractivity contribution < 1.29 is 4.42 Å². The molecule has 0 saturated heterocycles. The Balaban J connectivity index is 0.00000208. The topological polar surface area (TPSA) is 25.2 Å². The fraction of sp³-hybridized carbons (Fsp3) is 0.200. The van der Waals surface area contributed by atoms with E-state index in [1.807, 2.05) is 43.3 Å². The molecule has 0 aliphatic carbocycles. The molecule has 2 nitrogen and oxygen atoms in total. The van der Waals surface area contributed by atoms with E-state index in [-0.39, 0.29) is 12.4 Å². The van der Waals surface area contributed by atoms with Gasteiger partial charge in [-0.25, -0.2) is 0 Å². The number of halogens is 2. The molecule has 3 aromatic rings. The second-order valence-electron chi connectivity index (χ2n) is 5.61. The lowest BCUT2D eigenvalue weighted by atomic mass is 10.0. The molecule has 0 spiro atoms. The zero-order chi connectivity index (χ0) is 16.2. The van der Waals surface area contributed by atoms with E-state index in [2.05, 4.69) is 30.4 Å². The first-order valence-corrected chi connectivity index (χ1v) is 8.16. The van der Waals surface area contributed by atoms with Crippen LogP contribution in [0.25, 0.3) is 22.1 Å². The van der Waals surface area contributed by atoms with Gasteiger partial charge in [-0.15, -0.1) is 12.4 Å². The number of nitrogens with one attached hydrogen (secondary N) is 1. The van der Waals surface area contributed by atoms with Gasteiger partial charge in [0, 0.05) is 22.5 Å². The number of hydrogen-bond donors (Lipinski definition) is 1. The van der Waals surface area contributed by atoms with Crippen molar-refractivity contribution in [1.82, 2.24) is 5.32 Å². The second kappa shape index (κ2) is 8.39. The summed E-state index contributed by atoms with van der Waals surface area (Å²) < 4.78 is 6.10. The van der Waals surface area contributed by atoms with Crippen LogP contribution in [0.3, 0.4) is 0 Å². The summed E-state index contributed by atoms with van der Waals surface area (Å²) in [5, 5.41) is 5.28. The average molecular weight is 362 g/mol. The Bertz CT molecular complexity index is 835. The molecule has 0 amide bonds. The lowest BCUT2D eigenvalue weighted by Gasteiger charge is -2.05. The van der Waals surface area contributed by atoms with E-state index in [0.717, 1.165) is 39.4 Å². The summed E-state index contributed by atoms with van der Waals surface area (Å²) in [4.78, 5) is 0. The molecule has 1 heterocycles. The molecule has 0 saturated carbocycles. The van der Waals surface area contributed by atoms with E-state index in [0.29, 0.717) is 6.54 Å². The minimum atomic E-state index is 0. The van der Waals surface area contributed by atoms with E-state index >= 15 is 0 Å². The number of aryl methyl sites for hydroxylation is 1. The summed E-state index contributed by atoms with van der Waals surface area (Å²) in [6.07, 6.45) is 4.13. The first-order chi connectivity index (χ1) is 11.2. The van der Waals surface area contributed by atoms with Crippen LogP contribution in [-0.2, 0) is 6.54 Å². The van der Waals surface area contributed by atoms with Crippen LogP contribution in [0.2, 0.25) is 5.02 Å². The van der Waals surface area contributed by atoms with Crippen molar-refractivity contribution >= 4 is 35.0 Å². The number of allylic oxidation sites excluding steroid dienone is 1. The second-order valence-corrected chi connectivity index (χ2v) is 6.04. The molecule has 126 valence electrons. The minimum absolute atomic E-state index is 0. The van der Waals surface area contributed by atoms with Gasteiger partial charge < -0.3 is 9.73 Å². The van der Waals surface area contributed by atoms with E-state index < -0.39 is 0 Å². The molecule has 0 aliphatic heterocycles. The fourth-order valence-electron chi connectivity index (χ4n) is 2.71. The van der Waals surface area contributed by atoms with Gasteiger partial charge in [0.15, 0.2) is 0 Å². The first kappa shape index (κ1) is 18.6. The highest BCUT2D eigenvalue weighted by Gasteiger charge is 2.15. The van der Waals surface area contributed by atoms with Gasteiger partial charge in [-0.2, -0.15) is 0 Å². The lowest BCUT2D eigenvalue weighted by molar-refractivity contribution is 0.526. The van der Waals surface area contributed by atoms with Crippen molar-refractivity contribution in [3.8, 4) is 11.1 Å². The Morgan fingerprint density at radius 2 is 1.88 bits per heavy atom. The minimum Gasteiger partial charge on any atom is -0.459 e. The van der Waals surface area contributed by atoms with Crippen molar-refractivity contribution in [1.29, 1.82) is 0 Å². The summed E-state index contributed by atoms with van der Waals surface area (Å²) in [7, 11) is 0. The molecule has 4 heteroatoms. The quantitative estimate of drug-likeness (QED) is 0.435. The van der Waals surface area contributed by atoms with Crippen molar-refractivity contribution in [2.75, 3.05) is 6.54 Å². The smallest absolute Gasteiger partial charge is 0.135 e. The Labute approximate surface area is 153 Å². The third kappa shape index (κ3) is 4.02. The van der Waals surface area contributed by atoms with Gasteiger partial charge in [0.1, 0.15) is 11.3 Å². The van der Waals surface area contributed by atoms with Gasteiger partial charge in [0.05, 0.1) is 6.54 Å². The predicted molar refractivity (Wildman–Crippen MR) is 105 cm³/mol. The monoisotopic (exact) mass is 361 g/mol. The van der Waals surface area contributed by atoms with Crippen LogP contribution in [-0.4, -0.2) is 6.54 Å². The van der Waals surface area contributed by atoms with Crippen molar-refractivity contribution in [3.05, 3.63) is 71.0 Å². The third-order valence-electron chi connectivity index (χ3n) is 3.83. The lowest BCUT2D eigenvalue weighted by Crippen LogP contribution is -2.12. The highest BCUT2D eigenvalue weighted by atomic mass is 35.5. The highest BCUT2D eigenvalue weighted by molar-refractivity contribution is 6.30. The zero-order valence-electron chi connectivity index (χ0n) is 13.8. The number of benzene rings is 2. The Hall–Kier alpha value is -1.74. The summed E-state index contributed by atoms with van der Waals surface area (Å²) >= 11 is 6.03. The molecule has 0 bridgehead atoms. The molecule has 1 aromatic heterocycles. The number of fused-ring (bicyclic) bond motifs is 1. The largest absolute Gasteiger partial charge is 0.459 e. The molecule has 2 aromatic carbocycles. The van der Waals surface area contributed by atoms with Crippen LogP contribution < -0.4 is 5.32 Å². The Morgan fingerprint density at radius 1 is 1.12 bits per heavy atom. The summed E-state index contributed by atoms with van der Waals surface area (Å²) in [6, 6.07) is 14.2. The van der Waals surface area contributed by atoms with Crippen molar-refractivity contribution in [3.63, 3.8) is 0 Å². The maximum atomic E-state index is 6.10. The van der Waals surface area contributed by atoms with Crippen LogP contribution in [0.5, 0.6) is 0 Å². The molecule has 3 rings (SSSR count). The molecule has 1 N–H and O–H groups in total. The Kier molecular flexibility index (Phi) is 6.50. The van der Waals surface area contributed by atoms with E-state index in [1.54, 1.807) is 0 Å². The maximum Gasteiger partial charge on any atom is 0.135 e. The summed E-state index contributed by atoms with van der Waals surface area (Å²) in [5.41, 5.74) is 4.42. The van der Waals surface area contributed by atoms with Crippen LogP contribution in [0.1, 0.15) is 18.2 Å². The third-order valence-corrected chi connectivity index (χ3v) is 4.08. The fourth-order valence-corrected chi connectivity index (χ4v) is 2.83. The molecule has 0 atom stereocenters. The van der Waals surface area contributed by atoms with Gasteiger partial charge in [-0.3, -0.25) is 0 Å². The van der Waals surface area contributed by atoms with Crippen LogP contribution in [0, 0.1) is 6.92 Å². The molecule has 0 radical (unpaired) electrons. The van der Waals surface area contributed by atoms with Crippen LogP contribution >= 0.6 is 24.0 Å². The average Bonchev–Trinajstić information content (AvgIpc) is 2.90. The number of hydrogen-bond acceptors (Lipinski definition) is 2. The summed E-state index contributed by atoms with van der Waals surface area (Å²) in [6.45, 7) is 5.63. The van der Waals surface area contributed by atoms with E-state index in [9.17, 15) is 0 Å². The van der Waals surface area contributed by atoms with Gasteiger partial charge in [-0.1, -0.05) is 47.5 Å². The SMILES string of the molecule is C/C=C/CNCc1oc2ccc(C)cc2c1-c1ccc(Cl)cc1.Cl. The van der Waals surface area contributed by atoms with Crippen LogP contribution in [0.15, 0.2) is 59.0 Å². The molecular formula is C20H21Cl2NO. The molecule has 24 heavy (non-hydrogen) atoms. The predicted octanol–water partition coefficient (Wildman–Crippen LogP) is 6.15. The van der Waals surface area contributed by atoms with Gasteiger partial charge in [0.2, 0.25) is 0 Å². The Morgan fingerprint density at radius 3 is 2.58 bits per heavy atom. The van der Waals surface area contributed by atoms with Gasteiger partial charge in [0.25, 0.3) is 0 Å². The van der Waals surface area contributed by atoms with Gasteiger partial charge >= 0.3 is 0 Å². The van der Waals surface area contributed by atoms with Crippen molar-refractivity contribution in [2.45, 2.75) is 20.4 Å². The molecule has 0 fully saturated rings. The molecular weight excluding hydrogens is 341 g/mol. The van der Waals surface area contributed by atoms with Crippen LogP contribution in [0.4, 0.5) is 0 Å². The zero-order valence-corrected chi connectivity index (χ0v) is 15.4. The van der Waals surface area contributed by atoms with Crippen molar-refractivity contribution in [2.24, 2.45) is 0 Å². The molecule has 0 unspecified atom stereocenters. The molecule has 0 aliphatic rings. The standard InChI is InChI=1S/C20H20ClNO.ClH/c1-3-4-11-22-13-19-20(15-6-8-16(21)9-7-15)17-12-14(2)5-10-18(17)23-19;/h3-10,12,22H,11,13H2,1-2H3;1H/b4-3+;. The normalized spacial score (nSPS) is 11.1.